The average molecular weight is 311 g/mol. The zero-order chi connectivity index (χ0) is 16.1. The summed E-state index contributed by atoms with van der Waals surface area (Å²) in [6, 6.07) is 17.9. The van der Waals surface area contributed by atoms with Crippen molar-refractivity contribution in [2.24, 2.45) is 0 Å². The predicted octanol–water partition coefficient (Wildman–Crippen LogP) is 2.83. The summed E-state index contributed by atoms with van der Waals surface area (Å²) >= 11 is 0. The Hall–Kier alpha value is -2.17. The number of carboxylic acid groups (broad SMARTS) is 1. The van der Waals surface area contributed by atoms with Crippen molar-refractivity contribution in [3.05, 3.63) is 71.3 Å². The van der Waals surface area contributed by atoms with Crippen LogP contribution in [0.1, 0.15) is 21.5 Å². The van der Waals surface area contributed by atoms with E-state index >= 15 is 0 Å². The van der Waals surface area contributed by atoms with Gasteiger partial charge in [0.2, 0.25) is 0 Å². The summed E-state index contributed by atoms with van der Waals surface area (Å²) in [7, 11) is 0. The minimum atomic E-state index is -0.880. The molecule has 1 unspecified atom stereocenters. The van der Waals surface area contributed by atoms with E-state index in [2.05, 4.69) is 29.2 Å². The lowest BCUT2D eigenvalue weighted by Gasteiger charge is -2.35. The number of morpholine rings is 1. The van der Waals surface area contributed by atoms with Gasteiger partial charge in [-0.1, -0.05) is 42.5 Å². The first-order valence-corrected chi connectivity index (χ1v) is 7.90. The molecule has 2 aromatic rings. The smallest absolute Gasteiger partial charge is 0.335 e. The second-order valence-corrected chi connectivity index (χ2v) is 5.89. The van der Waals surface area contributed by atoms with Crippen LogP contribution < -0.4 is 0 Å². The van der Waals surface area contributed by atoms with Crippen LogP contribution in [0.3, 0.4) is 0 Å². The lowest BCUT2D eigenvalue weighted by atomic mass is 10.0. The molecule has 0 saturated carbocycles. The predicted molar refractivity (Wildman–Crippen MR) is 88.6 cm³/mol. The maximum absolute atomic E-state index is 11.1. The van der Waals surface area contributed by atoms with E-state index in [1.54, 1.807) is 12.1 Å². The van der Waals surface area contributed by atoms with Gasteiger partial charge in [-0.3, -0.25) is 4.90 Å². The molecule has 0 aliphatic carbocycles. The van der Waals surface area contributed by atoms with E-state index in [-0.39, 0.29) is 0 Å². The first kappa shape index (κ1) is 15.7. The summed E-state index contributed by atoms with van der Waals surface area (Å²) in [5.41, 5.74) is 2.67. The molecule has 0 bridgehead atoms. The van der Waals surface area contributed by atoms with Crippen LogP contribution in [0.5, 0.6) is 0 Å². The van der Waals surface area contributed by atoms with Crippen LogP contribution in [-0.4, -0.2) is 41.8 Å². The summed E-state index contributed by atoms with van der Waals surface area (Å²) in [6.45, 7) is 3.06. The Balaban J connectivity index is 1.71. The molecule has 0 aromatic heterocycles. The third-order valence-electron chi connectivity index (χ3n) is 4.22. The topological polar surface area (TPSA) is 49.8 Å². The summed E-state index contributed by atoms with van der Waals surface area (Å²) in [5, 5.41) is 9.13. The third-order valence-corrected chi connectivity index (χ3v) is 4.22. The quantitative estimate of drug-likeness (QED) is 0.922. The first-order chi connectivity index (χ1) is 11.2. The second kappa shape index (κ2) is 7.40. The Bertz CT molecular complexity index is 657. The molecule has 2 aromatic carbocycles. The monoisotopic (exact) mass is 311 g/mol. The lowest BCUT2D eigenvalue weighted by molar-refractivity contribution is -0.0112. The number of rotatable bonds is 5. The Labute approximate surface area is 136 Å². The highest BCUT2D eigenvalue weighted by atomic mass is 16.5. The molecule has 1 aliphatic heterocycles. The molecule has 1 heterocycles. The minimum absolute atomic E-state index is 0.319. The van der Waals surface area contributed by atoms with Gasteiger partial charge in [-0.05, 0) is 29.7 Å². The van der Waals surface area contributed by atoms with E-state index in [4.69, 9.17) is 9.84 Å². The van der Waals surface area contributed by atoms with Crippen LogP contribution >= 0.6 is 0 Å². The van der Waals surface area contributed by atoms with Gasteiger partial charge in [-0.2, -0.15) is 0 Å². The van der Waals surface area contributed by atoms with Crippen LogP contribution in [0.25, 0.3) is 0 Å². The lowest BCUT2D eigenvalue weighted by Crippen LogP contribution is -2.46. The molecule has 1 saturated heterocycles. The molecule has 120 valence electrons. The Morgan fingerprint density at radius 1 is 1.13 bits per heavy atom. The number of carboxylic acids is 1. The van der Waals surface area contributed by atoms with Crippen LogP contribution in [-0.2, 0) is 17.7 Å². The van der Waals surface area contributed by atoms with Crippen molar-refractivity contribution >= 4 is 5.97 Å². The van der Waals surface area contributed by atoms with Crippen molar-refractivity contribution in [2.45, 2.75) is 19.0 Å². The Morgan fingerprint density at radius 3 is 2.70 bits per heavy atom. The zero-order valence-electron chi connectivity index (χ0n) is 13.0. The van der Waals surface area contributed by atoms with E-state index in [1.165, 1.54) is 5.56 Å². The molecular weight excluding hydrogens is 290 g/mol. The largest absolute Gasteiger partial charge is 0.478 e. The van der Waals surface area contributed by atoms with Gasteiger partial charge < -0.3 is 9.84 Å². The van der Waals surface area contributed by atoms with Gasteiger partial charge in [0, 0.05) is 19.1 Å². The number of ether oxygens (including phenoxy) is 1. The molecule has 1 aliphatic rings. The molecule has 1 fully saturated rings. The standard InChI is InChI=1S/C19H21NO3/c21-19(22)17-8-4-7-16(11-17)13-20-9-10-23-14-18(20)12-15-5-2-1-3-6-15/h1-8,11,18H,9-10,12-14H2,(H,21,22). The number of carbonyl (C=O) groups is 1. The van der Waals surface area contributed by atoms with Gasteiger partial charge in [0.15, 0.2) is 0 Å². The van der Waals surface area contributed by atoms with Crippen molar-refractivity contribution in [1.82, 2.24) is 4.90 Å². The summed E-state index contributed by atoms with van der Waals surface area (Å²) in [6.07, 6.45) is 0.944. The SMILES string of the molecule is O=C(O)c1cccc(CN2CCOCC2Cc2ccccc2)c1. The molecule has 0 amide bonds. The molecular formula is C19H21NO3. The second-order valence-electron chi connectivity index (χ2n) is 5.89. The van der Waals surface area contributed by atoms with Crippen LogP contribution in [0.4, 0.5) is 0 Å². The van der Waals surface area contributed by atoms with E-state index in [0.717, 1.165) is 31.7 Å². The molecule has 4 heteroatoms. The summed E-state index contributed by atoms with van der Waals surface area (Å²) in [4.78, 5) is 13.5. The van der Waals surface area contributed by atoms with Crippen molar-refractivity contribution < 1.29 is 14.6 Å². The highest BCUT2D eigenvalue weighted by Gasteiger charge is 2.23. The Kier molecular flexibility index (Phi) is 5.05. The van der Waals surface area contributed by atoms with Crippen LogP contribution in [0, 0.1) is 0 Å². The Morgan fingerprint density at radius 2 is 1.91 bits per heavy atom. The van der Waals surface area contributed by atoms with Crippen molar-refractivity contribution in [2.75, 3.05) is 19.8 Å². The van der Waals surface area contributed by atoms with Crippen LogP contribution in [0.15, 0.2) is 54.6 Å². The molecule has 1 atom stereocenters. The number of nitrogens with zero attached hydrogens (tertiary/aromatic N) is 1. The van der Waals surface area contributed by atoms with E-state index in [1.807, 2.05) is 18.2 Å². The van der Waals surface area contributed by atoms with Gasteiger partial charge in [-0.25, -0.2) is 4.79 Å². The fourth-order valence-corrected chi connectivity index (χ4v) is 3.01. The van der Waals surface area contributed by atoms with E-state index < -0.39 is 5.97 Å². The normalized spacial score (nSPS) is 18.7. The van der Waals surface area contributed by atoms with Gasteiger partial charge in [0.1, 0.15) is 0 Å². The fraction of sp³-hybridized carbons (Fsp3) is 0.316. The fourth-order valence-electron chi connectivity index (χ4n) is 3.01. The summed E-state index contributed by atoms with van der Waals surface area (Å²) < 4.78 is 5.65. The summed E-state index contributed by atoms with van der Waals surface area (Å²) in [5.74, 6) is -0.880. The van der Waals surface area contributed by atoms with Gasteiger partial charge >= 0.3 is 5.97 Å². The van der Waals surface area contributed by atoms with E-state index in [0.29, 0.717) is 18.2 Å². The maximum atomic E-state index is 11.1. The first-order valence-electron chi connectivity index (χ1n) is 7.90. The highest BCUT2D eigenvalue weighted by molar-refractivity contribution is 5.87. The third kappa shape index (κ3) is 4.18. The average Bonchev–Trinajstić information content (AvgIpc) is 2.58. The zero-order valence-corrected chi connectivity index (χ0v) is 13.0. The number of aromatic carboxylic acids is 1. The number of hydrogen-bond acceptors (Lipinski definition) is 3. The molecule has 1 N–H and O–H groups in total. The molecule has 0 radical (unpaired) electrons. The molecule has 0 spiro atoms. The van der Waals surface area contributed by atoms with Gasteiger partial charge in [0.25, 0.3) is 0 Å². The van der Waals surface area contributed by atoms with Crippen LogP contribution in [0.2, 0.25) is 0 Å². The van der Waals surface area contributed by atoms with E-state index in [9.17, 15) is 4.79 Å². The molecule has 3 rings (SSSR count). The van der Waals surface area contributed by atoms with Crippen molar-refractivity contribution in [3.63, 3.8) is 0 Å². The highest BCUT2D eigenvalue weighted by Crippen LogP contribution is 2.17. The van der Waals surface area contributed by atoms with Crippen molar-refractivity contribution in [3.8, 4) is 0 Å². The van der Waals surface area contributed by atoms with Crippen molar-refractivity contribution in [1.29, 1.82) is 0 Å². The maximum Gasteiger partial charge on any atom is 0.335 e. The van der Waals surface area contributed by atoms with Gasteiger partial charge in [0.05, 0.1) is 18.8 Å². The van der Waals surface area contributed by atoms with Gasteiger partial charge in [-0.15, -0.1) is 0 Å². The molecule has 4 nitrogen and oxygen atoms in total. The molecule has 23 heavy (non-hydrogen) atoms. The minimum Gasteiger partial charge on any atom is -0.478 e. The number of hydrogen-bond donors (Lipinski definition) is 1. The number of benzene rings is 2.